The Kier molecular flexibility index (Phi) is 8.03. The van der Waals surface area contributed by atoms with E-state index in [9.17, 15) is 18.0 Å². The third kappa shape index (κ3) is 5.27. The van der Waals surface area contributed by atoms with Gasteiger partial charge in [-0.25, -0.2) is 13.2 Å². The first kappa shape index (κ1) is 28.3. The van der Waals surface area contributed by atoms with Gasteiger partial charge in [0.2, 0.25) is 5.91 Å². The van der Waals surface area contributed by atoms with E-state index >= 15 is 0 Å². The zero-order chi connectivity index (χ0) is 28.6. The van der Waals surface area contributed by atoms with E-state index in [4.69, 9.17) is 4.74 Å². The van der Waals surface area contributed by atoms with Crippen LogP contribution in [0.5, 0.6) is 0 Å². The van der Waals surface area contributed by atoms with E-state index in [1.807, 2.05) is 35.2 Å². The molecule has 0 N–H and O–H groups in total. The molecule has 40 heavy (non-hydrogen) atoms. The van der Waals surface area contributed by atoms with Crippen LogP contribution in [-0.2, 0) is 19.6 Å². The number of hydrogen-bond donors (Lipinski definition) is 0. The SMILES string of the molecule is COC(=O)c1cc(C)c(S(=O)(=O)N2C[C@@H](C(=O)N3CCN(c4cccc(C)c4C)CC3)[C@H](c3ccccc3)C2)s1. The molecule has 2 aliphatic heterocycles. The van der Waals surface area contributed by atoms with Gasteiger partial charge in [-0.1, -0.05) is 42.5 Å². The number of nitrogens with zero attached hydrogens (tertiary/aromatic N) is 3. The van der Waals surface area contributed by atoms with Crippen LogP contribution in [0, 0.1) is 26.7 Å². The fourth-order valence-corrected chi connectivity index (χ4v) is 9.02. The zero-order valence-electron chi connectivity index (χ0n) is 23.3. The van der Waals surface area contributed by atoms with Crippen molar-refractivity contribution in [3.63, 3.8) is 0 Å². The second kappa shape index (κ2) is 11.3. The smallest absolute Gasteiger partial charge is 0.348 e. The summed E-state index contributed by atoms with van der Waals surface area (Å²) in [6.07, 6.45) is 0. The highest BCUT2D eigenvalue weighted by Crippen LogP contribution is 2.39. The first-order chi connectivity index (χ1) is 19.1. The number of amides is 1. The van der Waals surface area contributed by atoms with Crippen LogP contribution in [0.25, 0.3) is 0 Å². The number of hydrogen-bond acceptors (Lipinski definition) is 7. The minimum absolute atomic E-state index is 0.00896. The summed E-state index contributed by atoms with van der Waals surface area (Å²) in [4.78, 5) is 30.5. The zero-order valence-corrected chi connectivity index (χ0v) is 24.9. The average molecular weight is 582 g/mol. The molecule has 2 saturated heterocycles. The lowest BCUT2D eigenvalue weighted by atomic mass is 9.88. The molecule has 3 aromatic rings. The van der Waals surface area contributed by atoms with E-state index in [1.54, 1.807) is 13.0 Å². The van der Waals surface area contributed by atoms with Gasteiger partial charge in [-0.05, 0) is 55.2 Å². The lowest BCUT2D eigenvalue weighted by Crippen LogP contribution is -2.51. The third-order valence-corrected chi connectivity index (χ3v) is 11.8. The van der Waals surface area contributed by atoms with E-state index in [0.29, 0.717) is 18.7 Å². The maximum Gasteiger partial charge on any atom is 0.348 e. The summed E-state index contributed by atoms with van der Waals surface area (Å²) in [5.41, 5.74) is 5.14. The van der Waals surface area contributed by atoms with Crippen LogP contribution in [0.2, 0.25) is 0 Å². The van der Waals surface area contributed by atoms with E-state index in [2.05, 4.69) is 36.9 Å². The molecular weight excluding hydrogens is 546 g/mol. The topological polar surface area (TPSA) is 87.2 Å². The van der Waals surface area contributed by atoms with Gasteiger partial charge in [0.05, 0.1) is 13.0 Å². The number of carbonyl (C=O) groups excluding carboxylic acids is 2. The number of esters is 1. The summed E-state index contributed by atoms with van der Waals surface area (Å²) in [6.45, 7) is 8.85. The standard InChI is InChI=1S/C30H35N3O5S2/c1-20-9-8-12-26(22(20)3)31-13-15-32(16-14-31)28(34)25-19-33(18-24(25)23-10-6-5-7-11-23)40(36,37)30-21(2)17-27(39-30)29(35)38-4/h5-12,17,24-25H,13-16,18-19H2,1-4H3/t24-,25+/m0/s1. The van der Waals surface area contributed by atoms with Crippen molar-refractivity contribution >= 4 is 38.9 Å². The molecule has 10 heteroatoms. The van der Waals surface area contributed by atoms with Crippen molar-refractivity contribution < 1.29 is 22.7 Å². The number of ether oxygens (including phenoxy) is 1. The maximum absolute atomic E-state index is 14.0. The predicted molar refractivity (Wildman–Crippen MR) is 157 cm³/mol. The predicted octanol–water partition coefficient (Wildman–Crippen LogP) is 4.21. The Bertz CT molecular complexity index is 1510. The minimum atomic E-state index is -3.92. The summed E-state index contributed by atoms with van der Waals surface area (Å²) >= 11 is 0.916. The molecule has 0 aliphatic carbocycles. The lowest BCUT2D eigenvalue weighted by molar-refractivity contribution is -0.135. The second-order valence-corrected chi connectivity index (χ2v) is 13.7. The first-order valence-electron chi connectivity index (χ1n) is 13.5. The quantitative estimate of drug-likeness (QED) is 0.406. The molecule has 8 nitrogen and oxygen atoms in total. The average Bonchev–Trinajstić information content (AvgIpc) is 3.60. The Morgan fingerprint density at radius 2 is 1.60 bits per heavy atom. The van der Waals surface area contributed by atoms with Gasteiger partial charge in [0.15, 0.2) is 0 Å². The summed E-state index contributed by atoms with van der Waals surface area (Å²) in [5, 5.41) is 0. The van der Waals surface area contributed by atoms with Gasteiger partial charge >= 0.3 is 5.97 Å². The first-order valence-corrected chi connectivity index (χ1v) is 15.7. The Hall–Kier alpha value is -3.21. The molecule has 0 bridgehead atoms. The van der Waals surface area contributed by atoms with E-state index in [-0.39, 0.29) is 34.0 Å². The van der Waals surface area contributed by atoms with Crippen LogP contribution < -0.4 is 4.90 Å². The lowest BCUT2D eigenvalue weighted by Gasteiger charge is -2.38. The number of aryl methyl sites for hydroxylation is 2. The molecule has 0 unspecified atom stereocenters. The highest BCUT2D eigenvalue weighted by atomic mass is 32.2. The third-order valence-electron chi connectivity index (χ3n) is 8.17. The van der Waals surface area contributed by atoms with E-state index < -0.39 is 21.9 Å². The number of piperazine rings is 1. The van der Waals surface area contributed by atoms with Gasteiger partial charge in [-0.2, -0.15) is 4.31 Å². The Morgan fingerprint density at radius 1 is 0.900 bits per heavy atom. The Morgan fingerprint density at radius 3 is 2.27 bits per heavy atom. The maximum atomic E-state index is 14.0. The van der Waals surface area contributed by atoms with Gasteiger partial charge in [-0.15, -0.1) is 11.3 Å². The molecule has 1 aromatic heterocycles. The van der Waals surface area contributed by atoms with Crippen LogP contribution in [0.15, 0.2) is 58.8 Å². The second-order valence-electron chi connectivity index (χ2n) is 10.5. The van der Waals surface area contributed by atoms with Gasteiger partial charge in [-0.3, -0.25) is 4.79 Å². The van der Waals surface area contributed by atoms with Crippen molar-refractivity contribution in [3.05, 3.63) is 81.7 Å². The minimum Gasteiger partial charge on any atom is -0.465 e. The number of benzene rings is 2. The monoisotopic (exact) mass is 581 g/mol. The van der Waals surface area contributed by atoms with Gasteiger partial charge in [0, 0.05) is 50.9 Å². The van der Waals surface area contributed by atoms with Crippen molar-refractivity contribution in [2.75, 3.05) is 51.3 Å². The van der Waals surface area contributed by atoms with E-state index in [0.717, 1.165) is 30.0 Å². The molecular formula is C30H35N3O5S2. The summed E-state index contributed by atoms with van der Waals surface area (Å²) in [5.74, 6) is -1.33. The summed E-state index contributed by atoms with van der Waals surface area (Å²) < 4.78 is 34.0. The number of anilines is 1. The molecule has 5 rings (SSSR count). The fraction of sp³-hybridized carbons (Fsp3) is 0.400. The number of carbonyl (C=O) groups is 2. The van der Waals surface area contributed by atoms with Crippen molar-refractivity contribution in [2.24, 2.45) is 5.92 Å². The Labute approximate surface area is 240 Å². The van der Waals surface area contributed by atoms with Crippen molar-refractivity contribution in [2.45, 2.75) is 30.9 Å². The number of sulfonamides is 1. The number of methoxy groups -OCH3 is 1. The van der Waals surface area contributed by atoms with Crippen LogP contribution in [0.1, 0.15) is 37.8 Å². The molecule has 0 spiro atoms. The number of thiophene rings is 1. The molecule has 1 amide bonds. The molecule has 2 aliphatic rings. The summed E-state index contributed by atoms with van der Waals surface area (Å²) in [7, 11) is -2.64. The molecule has 2 fully saturated rings. The highest BCUT2D eigenvalue weighted by molar-refractivity contribution is 7.91. The van der Waals surface area contributed by atoms with Crippen molar-refractivity contribution in [3.8, 4) is 0 Å². The van der Waals surface area contributed by atoms with Gasteiger partial charge in [0.1, 0.15) is 9.09 Å². The highest BCUT2D eigenvalue weighted by Gasteiger charge is 2.46. The van der Waals surface area contributed by atoms with Crippen molar-refractivity contribution in [1.82, 2.24) is 9.21 Å². The van der Waals surface area contributed by atoms with Crippen molar-refractivity contribution in [1.29, 1.82) is 0 Å². The molecule has 212 valence electrons. The molecule has 2 atom stereocenters. The largest absolute Gasteiger partial charge is 0.465 e. The van der Waals surface area contributed by atoms with Crippen LogP contribution in [0.4, 0.5) is 5.69 Å². The number of rotatable bonds is 6. The molecule has 0 radical (unpaired) electrons. The van der Waals surface area contributed by atoms with E-state index in [1.165, 1.54) is 28.2 Å². The Balaban J connectivity index is 1.38. The van der Waals surface area contributed by atoms with Crippen LogP contribution in [0.3, 0.4) is 0 Å². The molecule has 0 saturated carbocycles. The molecule has 3 heterocycles. The van der Waals surface area contributed by atoms with Crippen LogP contribution in [-0.4, -0.2) is 75.9 Å². The van der Waals surface area contributed by atoms with Crippen LogP contribution >= 0.6 is 11.3 Å². The fourth-order valence-electron chi connectivity index (χ4n) is 5.77. The van der Waals surface area contributed by atoms with Gasteiger partial charge in [0.25, 0.3) is 10.0 Å². The normalized spacial score (nSPS) is 20.1. The summed E-state index contributed by atoms with van der Waals surface area (Å²) in [6, 6.07) is 17.5. The van der Waals surface area contributed by atoms with Gasteiger partial charge < -0.3 is 14.5 Å². The molecule has 2 aromatic carbocycles.